The van der Waals surface area contributed by atoms with E-state index in [2.05, 4.69) is 44.4 Å². The van der Waals surface area contributed by atoms with Crippen molar-refractivity contribution in [1.29, 1.82) is 0 Å². The van der Waals surface area contributed by atoms with Crippen molar-refractivity contribution in [2.24, 2.45) is 5.92 Å². The molecule has 0 bridgehead atoms. The lowest BCUT2D eigenvalue weighted by atomic mass is 9.99. The summed E-state index contributed by atoms with van der Waals surface area (Å²) in [6.45, 7) is 5.05. The maximum atomic E-state index is 6.02. The molecule has 100 valence electrons. The van der Waals surface area contributed by atoms with E-state index in [1.54, 1.807) is 0 Å². The lowest BCUT2D eigenvalue weighted by Gasteiger charge is -2.23. The van der Waals surface area contributed by atoms with Gasteiger partial charge in [-0.25, -0.2) is 0 Å². The van der Waals surface area contributed by atoms with Gasteiger partial charge < -0.3 is 10.1 Å². The Balaban J connectivity index is 1.94. The van der Waals surface area contributed by atoms with Gasteiger partial charge in [-0.15, -0.1) is 0 Å². The molecule has 2 heteroatoms. The van der Waals surface area contributed by atoms with Crippen LogP contribution in [-0.2, 0) is 0 Å². The van der Waals surface area contributed by atoms with Crippen LogP contribution in [0.4, 0.5) is 0 Å². The molecule has 1 fully saturated rings. The Bertz CT molecular complexity index is 383. The van der Waals surface area contributed by atoms with Crippen molar-refractivity contribution in [1.82, 2.24) is 5.32 Å². The van der Waals surface area contributed by atoms with Crippen LogP contribution in [0.2, 0.25) is 0 Å². The highest BCUT2D eigenvalue weighted by molar-refractivity contribution is 5.38. The first kappa shape index (κ1) is 13.4. The zero-order valence-electron chi connectivity index (χ0n) is 11.8. The van der Waals surface area contributed by atoms with E-state index in [9.17, 15) is 0 Å². The average Bonchev–Trinajstić information content (AvgIpc) is 2.89. The van der Waals surface area contributed by atoms with Crippen LogP contribution in [0.3, 0.4) is 0 Å². The largest absolute Gasteiger partial charge is 0.492 e. The first-order valence-electron chi connectivity index (χ1n) is 7.08. The van der Waals surface area contributed by atoms with Crippen LogP contribution in [0.5, 0.6) is 5.75 Å². The molecule has 0 saturated heterocycles. The van der Waals surface area contributed by atoms with Crippen LogP contribution >= 0.6 is 0 Å². The van der Waals surface area contributed by atoms with Crippen molar-refractivity contribution < 1.29 is 4.74 Å². The summed E-state index contributed by atoms with van der Waals surface area (Å²) in [5.74, 6) is 1.83. The first-order valence-corrected chi connectivity index (χ1v) is 7.08. The summed E-state index contributed by atoms with van der Waals surface area (Å²) in [6, 6.07) is 6.77. The van der Waals surface area contributed by atoms with E-state index < -0.39 is 0 Å². The second kappa shape index (κ2) is 6.24. The maximum Gasteiger partial charge on any atom is 0.122 e. The number of nitrogens with one attached hydrogen (secondary N) is 1. The number of benzene rings is 1. The first-order chi connectivity index (χ1) is 8.72. The summed E-state index contributed by atoms with van der Waals surface area (Å²) >= 11 is 0. The quantitative estimate of drug-likeness (QED) is 0.860. The Labute approximate surface area is 111 Å². The molecule has 0 aromatic heterocycles. The monoisotopic (exact) mass is 247 g/mol. The Kier molecular flexibility index (Phi) is 4.65. The highest BCUT2D eigenvalue weighted by atomic mass is 16.5. The summed E-state index contributed by atoms with van der Waals surface area (Å²) in [7, 11) is 2.05. The van der Waals surface area contributed by atoms with E-state index in [4.69, 9.17) is 4.74 Å². The van der Waals surface area contributed by atoms with Gasteiger partial charge in [-0.2, -0.15) is 0 Å². The molecule has 0 amide bonds. The van der Waals surface area contributed by atoms with E-state index in [1.165, 1.54) is 36.8 Å². The molecule has 1 saturated carbocycles. The minimum absolute atomic E-state index is 0.493. The molecule has 1 aliphatic carbocycles. The number of aryl methyl sites for hydroxylation is 1. The van der Waals surface area contributed by atoms with E-state index in [-0.39, 0.29) is 0 Å². The fourth-order valence-electron chi connectivity index (χ4n) is 2.87. The van der Waals surface area contributed by atoms with Crippen molar-refractivity contribution in [2.75, 3.05) is 13.7 Å². The van der Waals surface area contributed by atoms with Crippen LogP contribution in [0.1, 0.15) is 36.8 Å². The topological polar surface area (TPSA) is 21.3 Å². The predicted octanol–water partition coefficient (Wildman–Crippen LogP) is 3.46. The Hall–Kier alpha value is -1.02. The molecule has 1 aromatic carbocycles. The molecule has 2 rings (SSSR count). The molecular weight excluding hydrogens is 222 g/mol. The van der Waals surface area contributed by atoms with Gasteiger partial charge in [-0.3, -0.25) is 0 Å². The number of hydrogen-bond donors (Lipinski definition) is 1. The number of ether oxygens (including phenoxy) is 1. The van der Waals surface area contributed by atoms with Gasteiger partial charge in [0, 0.05) is 6.04 Å². The molecule has 0 aliphatic heterocycles. The van der Waals surface area contributed by atoms with Crippen molar-refractivity contribution in [3.05, 3.63) is 29.3 Å². The third kappa shape index (κ3) is 3.05. The average molecular weight is 247 g/mol. The smallest absolute Gasteiger partial charge is 0.122 e. The van der Waals surface area contributed by atoms with Crippen molar-refractivity contribution in [3.63, 3.8) is 0 Å². The lowest BCUT2D eigenvalue weighted by Crippen LogP contribution is -2.37. The molecule has 0 spiro atoms. The summed E-state index contributed by atoms with van der Waals surface area (Å²) < 4.78 is 6.02. The van der Waals surface area contributed by atoms with Crippen LogP contribution in [-0.4, -0.2) is 19.7 Å². The molecule has 1 aliphatic rings. The van der Waals surface area contributed by atoms with E-state index in [0.29, 0.717) is 6.04 Å². The molecule has 1 N–H and O–H groups in total. The predicted molar refractivity (Wildman–Crippen MR) is 76.2 cm³/mol. The van der Waals surface area contributed by atoms with Gasteiger partial charge in [0.25, 0.3) is 0 Å². The van der Waals surface area contributed by atoms with Crippen LogP contribution in [0, 0.1) is 19.8 Å². The summed E-state index contributed by atoms with van der Waals surface area (Å²) in [5, 5.41) is 3.42. The molecule has 0 heterocycles. The van der Waals surface area contributed by atoms with Crippen LogP contribution < -0.4 is 10.1 Å². The number of likely N-dealkylation sites (N-methyl/N-ethyl adjacent to an activating group) is 1. The van der Waals surface area contributed by atoms with E-state index in [0.717, 1.165) is 18.3 Å². The number of rotatable bonds is 5. The van der Waals surface area contributed by atoms with E-state index in [1.807, 2.05) is 0 Å². The summed E-state index contributed by atoms with van der Waals surface area (Å²) in [4.78, 5) is 0. The molecule has 1 atom stereocenters. The second-order valence-corrected chi connectivity index (χ2v) is 5.45. The molecule has 1 aromatic rings. The zero-order chi connectivity index (χ0) is 13.0. The number of hydrogen-bond acceptors (Lipinski definition) is 2. The van der Waals surface area contributed by atoms with Gasteiger partial charge in [0.05, 0.1) is 0 Å². The van der Waals surface area contributed by atoms with Gasteiger partial charge in [0.15, 0.2) is 0 Å². The normalized spacial score (nSPS) is 17.9. The SMILES string of the molecule is CNC(COc1cccc(C)c1C)C1CCCC1. The summed E-state index contributed by atoms with van der Waals surface area (Å²) in [6.07, 6.45) is 5.46. The summed E-state index contributed by atoms with van der Waals surface area (Å²) in [5.41, 5.74) is 2.56. The van der Waals surface area contributed by atoms with Gasteiger partial charge in [0.1, 0.15) is 12.4 Å². The third-order valence-electron chi connectivity index (χ3n) is 4.31. The highest BCUT2D eigenvalue weighted by Crippen LogP contribution is 2.28. The Morgan fingerprint density at radius 3 is 2.67 bits per heavy atom. The van der Waals surface area contributed by atoms with Gasteiger partial charge in [0.2, 0.25) is 0 Å². The molecule has 2 nitrogen and oxygen atoms in total. The fourth-order valence-corrected chi connectivity index (χ4v) is 2.87. The molecule has 0 radical (unpaired) electrons. The maximum absolute atomic E-state index is 6.02. The van der Waals surface area contributed by atoms with Crippen LogP contribution in [0.15, 0.2) is 18.2 Å². The van der Waals surface area contributed by atoms with Crippen molar-refractivity contribution >= 4 is 0 Å². The molecule has 1 unspecified atom stereocenters. The highest BCUT2D eigenvalue weighted by Gasteiger charge is 2.24. The Morgan fingerprint density at radius 2 is 2.00 bits per heavy atom. The standard InChI is InChI=1S/C16H25NO/c1-12-7-6-10-16(13(12)2)18-11-15(17-3)14-8-4-5-9-14/h6-7,10,14-15,17H,4-5,8-9,11H2,1-3H3. The van der Waals surface area contributed by atoms with Gasteiger partial charge >= 0.3 is 0 Å². The van der Waals surface area contributed by atoms with E-state index >= 15 is 0 Å². The zero-order valence-corrected chi connectivity index (χ0v) is 11.8. The fraction of sp³-hybridized carbons (Fsp3) is 0.625. The van der Waals surface area contributed by atoms with Gasteiger partial charge in [-0.1, -0.05) is 25.0 Å². The molecular formula is C16H25NO. The van der Waals surface area contributed by atoms with Gasteiger partial charge in [-0.05, 0) is 56.8 Å². The van der Waals surface area contributed by atoms with Crippen molar-refractivity contribution in [2.45, 2.75) is 45.6 Å². The molecule has 18 heavy (non-hydrogen) atoms. The van der Waals surface area contributed by atoms with Crippen molar-refractivity contribution in [3.8, 4) is 5.75 Å². The lowest BCUT2D eigenvalue weighted by molar-refractivity contribution is 0.223. The van der Waals surface area contributed by atoms with Crippen LogP contribution in [0.25, 0.3) is 0 Å². The Morgan fingerprint density at radius 1 is 1.28 bits per heavy atom. The third-order valence-corrected chi connectivity index (χ3v) is 4.31. The minimum Gasteiger partial charge on any atom is -0.492 e. The second-order valence-electron chi connectivity index (χ2n) is 5.45. The minimum atomic E-state index is 0.493.